The lowest BCUT2D eigenvalue weighted by Crippen LogP contribution is -2.45. The molecule has 0 bridgehead atoms. The molecule has 1 saturated carbocycles. The van der Waals surface area contributed by atoms with Crippen LogP contribution in [-0.4, -0.2) is 31.2 Å². The van der Waals surface area contributed by atoms with Crippen molar-refractivity contribution in [1.82, 2.24) is 4.31 Å². The first-order valence-electron chi connectivity index (χ1n) is 9.29. The maximum Gasteiger partial charge on any atom is 0.243 e. The number of carbonyl (C=O) groups is 1. The number of amides is 1. The molecular formula is C20H21BrF2N2O3S. The minimum absolute atomic E-state index is 0.0269. The molecule has 3 rings (SSSR count). The molecule has 0 aromatic heterocycles. The van der Waals surface area contributed by atoms with E-state index in [1.54, 1.807) is 6.07 Å². The molecule has 1 N–H and O–H groups in total. The largest absolute Gasteiger partial charge is 0.322 e. The highest BCUT2D eigenvalue weighted by atomic mass is 79.9. The third-order valence-electron chi connectivity index (χ3n) is 4.91. The van der Waals surface area contributed by atoms with Gasteiger partial charge in [0.2, 0.25) is 15.9 Å². The quantitative estimate of drug-likeness (QED) is 0.643. The molecule has 0 radical (unpaired) electrons. The van der Waals surface area contributed by atoms with Gasteiger partial charge in [0, 0.05) is 10.5 Å². The molecule has 156 valence electrons. The number of hydrogen-bond donors (Lipinski definition) is 1. The Morgan fingerprint density at radius 3 is 2.34 bits per heavy atom. The van der Waals surface area contributed by atoms with Crippen molar-refractivity contribution in [2.75, 3.05) is 11.9 Å². The molecule has 2 aromatic carbocycles. The highest BCUT2D eigenvalue weighted by Gasteiger charge is 2.34. The lowest BCUT2D eigenvalue weighted by Gasteiger charge is -2.33. The summed E-state index contributed by atoms with van der Waals surface area (Å²) in [4.78, 5) is 12.5. The van der Waals surface area contributed by atoms with Crippen LogP contribution in [0.4, 0.5) is 14.5 Å². The van der Waals surface area contributed by atoms with Crippen LogP contribution in [0.15, 0.2) is 51.8 Å². The normalized spacial score (nSPS) is 15.4. The molecule has 1 amide bonds. The van der Waals surface area contributed by atoms with E-state index in [9.17, 15) is 22.0 Å². The zero-order valence-electron chi connectivity index (χ0n) is 15.6. The fraction of sp³-hybridized carbons (Fsp3) is 0.350. The maximum absolute atomic E-state index is 14.0. The second kappa shape index (κ2) is 9.32. The molecule has 9 heteroatoms. The molecule has 0 unspecified atom stereocenters. The summed E-state index contributed by atoms with van der Waals surface area (Å²) in [6.45, 7) is -0.445. The Labute approximate surface area is 177 Å². The van der Waals surface area contributed by atoms with Gasteiger partial charge < -0.3 is 5.32 Å². The molecule has 1 aliphatic carbocycles. The van der Waals surface area contributed by atoms with E-state index in [2.05, 4.69) is 21.2 Å². The van der Waals surface area contributed by atoms with Crippen LogP contribution in [0, 0.1) is 11.6 Å². The van der Waals surface area contributed by atoms with Gasteiger partial charge in [-0.25, -0.2) is 17.2 Å². The van der Waals surface area contributed by atoms with Crippen LogP contribution in [0.3, 0.4) is 0 Å². The number of sulfonamides is 1. The molecule has 2 aromatic rings. The highest BCUT2D eigenvalue weighted by molar-refractivity contribution is 9.10. The number of nitrogens with zero attached hydrogens (tertiary/aromatic N) is 1. The van der Waals surface area contributed by atoms with Gasteiger partial charge in [0.05, 0.1) is 17.1 Å². The standard InChI is InChI=1S/C20H21BrF2N2O3S/c21-14-6-11-19(18(23)12-14)24-20(26)13-25(16-4-2-1-3-5-16)29(27,28)17-9-7-15(22)8-10-17/h6-12,16H,1-5,13H2,(H,24,26). The summed E-state index contributed by atoms with van der Waals surface area (Å²) in [7, 11) is -4.02. The fourth-order valence-electron chi connectivity index (χ4n) is 3.44. The SMILES string of the molecule is O=C(CN(C1CCCCC1)S(=O)(=O)c1ccc(F)cc1)Nc1ccc(Br)cc1F. The van der Waals surface area contributed by atoms with E-state index in [-0.39, 0.29) is 16.6 Å². The molecular weight excluding hydrogens is 466 g/mol. The summed E-state index contributed by atoms with van der Waals surface area (Å²) in [5, 5.41) is 2.44. The smallest absolute Gasteiger partial charge is 0.243 e. The average molecular weight is 487 g/mol. The lowest BCUT2D eigenvalue weighted by molar-refractivity contribution is -0.116. The van der Waals surface area contributed by atoms with Crippen molar-refractivity contribution >= 4 is 37.5 Å². The van der Waals surface area contributed by atoms with Crippen LogP contribution in [0.5, 0.6) is 0 Å². The molecule has 0 aliphatic heterocycles. The predicted octanol–water partition coefficient (Wildman–Crippen LogP) is 4.69. The first kappa shape index (κ1) is 21.9. The minimum Gasteiger partial charge on any atom is -0.322 e. The molecule has 1 fully saturated rings. The van der Waals surface area contributed by atoms with Gasteiger partial charge in [0.15, 0.2) is 0 Å². The maximum atomic E-state index is 14.0. The van der Waals surface area contributed by atoms with Crippen LogP contribution in [0.25, 0.3) is 0 Å². The first-order valence-corrected chi connectivity index (χ1v) is 11.5. The van der Waals surface area contributed by atoms with Crippen LogP contribution in [-0.2, 0) is 14.8 Å². The van der Waals surface area contributed by atoms with Gasteiger partial charge in [0.1, 0.15) is 11.6 Å². The van der Waals surface area contributed by atoms with E-state index in [4.69, 9.17) is 0 Å². The van der Waals surface area contributed by atoms with Crippen molar-refractivity contribution in [3.05, 3.63) is 58.6 Å². The molecule has 1 aliphatic rings. The number of nitrogens with one attached hydrogen (secondary N) is 1. The molecule has 0 atom stereocenters. The number of halogens is 3. The Morgan fingerprint density at radius 2 is 1.72 bits per heavy atom. The van der Waals surface area contributed by atoms with Gasteiger partial charge in [-0.15, -0.1) is 0 Å². The molecule has 0 heterocycles. The van der Waals surface area contributed by atoms with Crippen molar-refractivity contribution in [2.45, 2.75) is 43.0 Å². The van der Waals surface area contributed by atoms with Gasteiger partial charge in [0.25, 0.3) is 0 Å². The topological polar surface area (TPSA) is 66.5 Å². The number of hydrogen-bond acceptors (Lipinski definition) is 3. The van der Waals surface area contributed by atoms with Crippen LogP contribution in [0.2, 0.25) is 0 Å². The summed E-state index contributed by atoms with van der Waals surface area (Å²) in [5.41, 5.74) is -0.0269. The second-order valence-electron chi connectivity index (χ2n) is 6.97. The summed E-state index contributed by atoms with van der Waals surface area (Å²) in [6, 6.07) is 8.37. The monoisotopic (exact) mass is 486 g/mol. The Bertz CT molecular complexity index is 978. The van der Waals surface area contributed by atoms with E-state index in [0.29, 0.717) is 17.3 Å². The van der Waals surface area contributed by atoms with E-state index < -0.39 is 34.1 Å². The number of rotatable bonds is 6. The van der Waals surface area contributed by atoms with Crippen molar-refractivity contribution in [3.63, 3.8) is 0 Å². The fourth-order valence-corrected chi connectivity index (χ4v) is 5.42. The zero-order chi connectivity index (χ0) is 21.0. The number of anilines is 1. The van der Waals surface area contributed by atoms with Gasteiger partial charge in [-0.05, 0) is 55.3 Å². The summed E-state index contributed by atoms with van der Waals surface area (Å²) < 4.78 is 55.3. The second-order valence-corrected chi connectivity index (χ2v) is 9.77. The minimum atomic E-state index is -4.02. The predicted molar refractivity (Wildman–Crippen MR) is 110 cm³/mol. The molecule has 0 saturated heterocycles. The first-order chi connectivity index (χ1) is 13.8. The Hall–Kier alpha value is -1.84. The third kappa shape index (κ3) is 5.40. The van der Waals surface area contributed by atoms with Crippen molar-refractivity contribution in [3.8, 4) is 0 Å². The van der Waals surface area contributed by atoms with Crippen LogP contribution < -0.4 is 5.32 Å². The molecule has 29 heavy (non-hydrogen) atoms. The van der Waals surface area contributed by atoms with Gasteiger partial charge >= 0.3 is 0 Å². The Kier molecular flexibility index (Phi) is 7.02. The third-order valence-corrected chi connectivity index (χ3v) is 7.31. The summed E-state index contributed by atoms with van der Waals surface area (Å²) >= 11 is 3.14. The van der Waals surface area contributed by atoms with Crippen molar-refractivity contribution < 1.29 is 22.0 Å². The van der Waals surface area contributed by atoms with E-state index in [1.807, 2.05) is 0 Å². The van der Waals surface area contributed by atoms with Crippen LogP contribution in [0.1, 0.15) is 32.1 Å². The van der Waals surface area contributed by atoms with E-state index in [1.165, 1.54) is 24.3 Å². The Morgan fingerprint density at radius 1 is 1.07 bits per heavy atom. The van der Waals surface area contributed by atoms with Gasteiger partial charge in [-0.2, -0.15) is 4.31 Å². The zero-order valence-corrected chi connectivity index (χ0v) is 18.0. The van der Waals surface area contributed by atoms with Gasteiger partial charge in [-0.1, -0.05) is 35.2 Å². The van der Waals surface area contributed by atoms with Crippen molar-refractivity contribution in [2.24, 2.45) is 0 Å². The molecule has 5 nitrogen and oxygen atoms in total. The van der Waals surface area contributed by atoms with E-state index in [0.717, 1.165) is 35.7 Å². The van der Waals surface area contributed by atoms with Crippen LogP contribution >= 0.6 is 15.9 Å². The summed E-state index contributed by atoms with van der Waals surface area (Å²) in [6.07, 6.45) is 4.02. The summed E-state index contributed by atoms with van der Waals surface area (Å²) in [5.74, 6) is -1.81. The highest BCUT2D eigenvalue weighted by Crippen LogP contribution is 2.28. The van der Waals surface area contributed by atoms with Crippen molar-refractivity contribution in [1.29, 1.82) is 0 Å². The average Bonchev–Trinajstić information content (AvgIpc) is 2.69. The van der Waals surface area contributed by atoms with Gasteiger partial charge in [-0.3, -0.25) is 4.79 Å². The number of carbonyl (C=O) groups excluding carboxylic acids is 1. The Balaban J connectivity index is 1.85. The lowest BCUT2D eigenvalue weighted by atomic mass is 9.95. The van der Waals surface area contributed by atoms with E-state index >= 15 is 0 Å². The molecule has 0 spiro atoms. The number of benzene rings is 2.